The van der Waals surface area contributed by atoms with Gasteiger partial charge in [0, 0.05) is 0 Å². The van der Waals surface area contributed by atoms with Crippen molar-refractivity contribution in [3.8, 4) is 22.3 Å². The first-order valence-electron chi connectivity index (χ1n) is 17.5. The molecule has 0 radical (unpaired) electrons. The molecule has 236 valence electrons. The van der Waals surface area contributed by atoms with E-state index in [-0.39, 0.29) is 0 Å². The number of fused-ring (bicyclic) bond motifs is 2. The van der Waals surface area contributed by atoms with Crippen molar-refractivity contribution in [2.75, 3.05) is 0 Å². The molecule has 0 nitrogen and oxygen atoms in total. The van der Waals surface area contributed by atoms with Gasteiger partial charge in [-0.3, -0.25) is 0 Å². The topological polar surface area (TPSA) is 0 Å². The van der Waals surface area contributed by atoms with E-state index in [0.29, 0.717) is 19.2 Å². The molecule has 0 bridgehead atoms. The van der Waals surface area contributed by atoms with E-state index in [2.05, 4.69) is 183 Å². The van der Waals surface area contributed by atoms with Crippen LogP contribution in [0.2, 0.25) is 15.9 Å². The average Bonchev–Trinajstić information content (AvgIpc) is 3.75. The molecule has 0 aromatic heterocycles. The molecule has 5 aromatic carbocycles. The summed E-state index contributed by atoms with van der Waals surface area (Å²) in [6, 6.07) is 44.3. The second kappa shape index (κ2) is 12.3. The summed E-state index contributed by atoms with van der Waals surface area (Å²) < 4.78 is 6.63. The van der Waals surface area contributed by atoms with Crippen molar-refractivity contribution in [1.82, 2.24) is 0 Å². The van der Waals surface area contributed by atoms with Crippen LogP contribution in [0.1, 0.15) is 80.3 Å². The first kappa shape index (κ1) is 32.2. The summed E-state index contributed by atoms with van der Waals surface area (Å²) in [6.07, 6.45) is 10.3. The maximum absolute atomic E-state index is 4.07. The Bertz CT molecular complexity index is 2000. The van der Waals surface area contributed by atoms with Gasteiger partial charge in [0.05, 0.1) is 0 Å². The van der Waals surface area contributed by atoms with Crippen LogP contribution in [0.4, 0.5) is 0 Å². The Morgan fingerprint density at radius 1 is 0.532 bits per heavy atom. The fraction of sp³-hybridized carbons (Fsp3) is 0.244. The minimum absolute atomic E-state index is 0.475. The standard InChI is InChI=1S/2C18H17.C7H8Si.2CH3.Hf/c2*1-13(2)15-8-3-9-16(12-15)18-11-5-7-14-6-4-10-17(14)18;1-8-7-5-3-2-4-6-7;;;/h2*3-13H,1-2H3;2-6H,1H3;2*1H3;. The molecule has 2 heteroatoms. The van der Waals surface area contributed by atoms with E-state index in [1.54, 1.807) is 16.3 Å². The fourth-order valence-corrected chi connectivity index (χ4v) is 52.0. The molecule has 0 saturated heterocycles. The van der Waals surface area contributed by atoms with E-state index < -0.39 is 22.6 Å². The van der Waals surface area contributed by atoms with Gasteiger partial charge in [0.2, 0.25) is 0 Å². The number of benzene rings is 5. The van der Waals surface area contributed by atoms with E-state index in [9.17, 15) is 0 Å². The third kappa shape index (κ3) is 5.37. The van der Waals surface area contributed by atoms with E-state index in [4.69, 9.17) is 0 Å². The Labute approximate surface area is 284 Å². The van der Waals surface area contributed by atoms with Gasteiger partial charge in [-0.15, -0.1) is 0 Å². The summed E-state index contributed by atoms with van der Waals surface area (Å²) in [5.74, 6) is 1.02. The van der Waals surface area contributed by atoms with Gasteiger partial charge >= 0.3 is 286 Å². The van der Waals surface area contributed by atoms with Crippen LogP contribution in [0.5, 0.6) is 0 Å². The monoisotopic (exact) mass is 796 g/mol. The first-order chi connectivity index (χ1) is 22.6. The van der Waals surface area contributed by atoms with E-state index >= 15 is 0 Å². The van der Waals surface area contributed by atoms with Gasteiger partial charge in [0.15, 0.2) is 0 Å². The van der Waals surface area contributed by atoms with Crippen molar-refractivity contribution in [3.63, 3.8) is 0 Å². The molecule has 0 amide bonds. The summed E-state index contributed by atoms with van der Waals surface area (Å²) >= 11 is -4.07. The van der Waals surface area contributed by atoms with Gasteiger partial charge in [-0.1, -0.05) is 0 Å². The Morgan fingerprint density at radius 3 is 1.43 bits per heavy atom. The zero-order valence-electron chi connectivity index (χ0n) is 29.1. The van der Waals surface area contributed by atoms with Crippen molar-refractivity contribution in [2.45, 2.75) is 62.8 Å². The molecule has 0 heterocycles. The molecule has 2 atom stereocenters. The molecule has 7 rings (SSSR count). The number of allylic oxidation sites excluding steroid dienone is 2. The molecular weight excluding hydrogens is 747 g/mol. The zero-order chi connectivity index (χ0) is 32.9. The Hall–Kier alpha value is -3.33. The van der Waals surface area contributed by atoms with Gasteiger partial charge in [0.1, 0.15) is 0 Å². The second-order valence-corrected chi connectivity index (χ2v) is 61.5. The number of rotatable bonds is 7. The molecule has 2 aliphatic carbocycles. The molecule has 2 unspecified atom stereocenters. The summed E-state index contributed by atoms with van der Waals surface area (Å²) in [6.45, 7) is 11.8. The third-order valence-corrected chi connectivity index (χ3v) is 66.5. The van der Waals surface area contributed by atoms with Gasteiger partial charge < -0.3 is 0 Å². The van der Waals surface area contributed by atoms with Crippen LogP contribution in [0.3, 0.4) is 0 Å². The van der Waals surface area contributed by atoms with Crippen molar-refractivity contribution in [3.05, 3.63) is 161 Å². The van der Waals surface area contributed by atoms with Gasteiger partial charge in [0.25, 0.3) is 0 Å². The summed E-state index contributed by atoms with van der Waals surface area (Å²) in [5, 5.41) is 1.59. The van der Waals surface area contributed by atoms with E-state index in [1.807, 2.05) is 0 Å². The quantitative estimate of drug-likeness (QED) is 0.144. The SMILES string of the molecule is CC(C)c1cccc(-c2cccc3c2C=C[CH]3[Hf]([CH3])([CH3])([CH]2C=Cc3c(-c4cccc(C(C)C)c4)cccc32)=[Si](C)c2ccccc2)c1. The molecular formula is C45H48HfSi. The zero-order valence-corrected chi connectivity index (χ0v) is 33.7. The third-order valence-electron chi connectivity index (χ3n) is 11.9. The summed E-state index contributed by atoms with van der Waals surface area (Å²) in [4.78, 5) is 0. The van der Waals surface area contributed by atoms with Crippen LogP contribution in [0.25, 0.3) is 34.4 Å². The van der Waals surface area contributed by atoms with Crippen LogP contribution in [0, 0.1) is 0 Å². The summed E-state index contributed by atoms with van der Waals surface area (Å²) in [7, 11) is 0. The molecule has 5 aromatic rings. The molecule has 0 fully saturated rings. The molecule has 0 spiro atoms. The molecule has 0 aliphatic heterocycles. The van der Waals surface area contributed by atoms with Crippen molar-refractivity contribution in [1.29, 1.82) is 0 Å². The van der Waals surface area contributed by atoms with E-state index in [0.717, 1.165) is 0 Å². The number of hydrogen-bond acceptors (Lipinski definition) is 0. The first-order valence-corrected chi connectivity index (χ1v) is 36.2. The maximum atomic E-state index is 2.84. The van der Waals surface area contributed by atoms with Crippen molar-refractivity contribution >= 4 is 22.8 Å². The summed E-state index contributed by atoms with van der Waals surface area (Å²) in [5.41, 5.74) is 13.3. The number of hydrogen-bond donors (Lipinski definition) is 0. The molecule has 2 aliphatic rings. The molecule has 47 heavy (non-hydrogen) atoms. The van der Waals surface area contributed by atoms with Gasteiger partial charge in [-0.2, -0.15) is 0 Å². The fourth-order valence-electron chi connectivity index (χ4n) is 8.66. The Balaban J connectivity index is 1.44. The van der Waals surface area contributed by atoms with Crippen LogP contribution in [-0.2, 0) is 17.1 Å². The average molecular weight is 795 g/mol. The van der Waals surface area contributed by atoms with Crippen LogP contribution in [0.15, 0.2) is 127 Å². The predicted octanol–water partition coefficient (Wildman–Crippen LogP) is 12.4. The second-order valence-electron chi connectivity index (χ2n) is 15.5. The Morgan fingerprint density at radius 2 is 0.979 bits per heavy atom. The predicted molar refractivity (Wildman–Crippen MR) is 205 cm³/mol. The van der Waals surface area contributed by atoms with Crippen LogP contribution < -0.4 is 5.19 Å². The van der Waals surface area contributed by atoms with Crippen molar-refractivity contribution < 1.29 is 17.1 Å². The molecule has 0 N–H and O–H groups in total. The van der Waals surface area contributed by atoms with Gasteiger partial charge in [-0.25, -0.2) is 0 Å². The Kier molecular flexibility index (Phi) is 8.42. The van der Waals surface area contributed by atoms with Crippen LogP contribution >= 0.6 is 0 Å². The minimum atomic E-state index is -4.07. The van der Waals surface area contributed by atoms with Gasteiger partial charge in [-0.05, 0) is 0 Å². The normalized spacial score (nSPS) is 17.0. The van der Waals surface area contributed by atoms with Crippen molar-refractivity contribution in [2.24, 2.45) is 0 Å². The van der Waals surface area contributed by atoms with E-state index in [1.165, 1.54) is 44.5 Å². The molecule has 0 saturated carbocycles. The van der Waals surface area contributed by atoms with Crippen LogP contribution in [-0.4, -0.2) is 5.49 Å².